The molecule has 0 aromatic carbocycles. The van der Waals surface area contributed by atoms with Gasteiger partial charge in [0.05, 0.1) is 46.6 Å². The maximum Gasteiger partial charge on any atom is 0.226 e. The zero-order chi connectivity index (χ0) is 28.5. The Morgan fingerprint density at radius 2 is 1.79 bits per heavy atom. The standard InChI is InChI=1S/C29H39N5O4S/c1-18-8-10-22-26(32-18)25(19(2)38-7)23(17-30-22)33-24-11-9-21(16-31-24)27(29(3,4)5)34(6)28(35)20-12-14-39(36,37)15-13-20/h8-11,16-17,19-20,27H,12-15H2,1-7H3,(H,31,33)/t19-,27+/m1/s1. The lowest BCUT2D eigenvalue weighted by molar-refractivity contribution is -0.139. The third kappa shape index (κ3) is 6.38. The minimum Gasteiger partial charge on any atom is -0.377 e. The van der Waals surface area contributed by atoms with Gasteiger partial charge in [-0.3, -0.25) is 14.8 Å². The quantitative estimate of drug-likeness (QED) is 0.427. The van der Waals surface area contributed by atoms with Crippen molar-refractivity contribution in [2.24, 2.45) is 11.3 Å². The monoisotopic (exact) mass is 553 g/mol. The summed E-state index contributed by atoms with van der Waals surface area (Å²) in [5, 5.41) is 3.38. The van der Waals surface area contributed by atoms with E-state index in [0.717, 1.165) is 33.5 Å². The topological polar surface area (TPSA) is 114 Å². The van der Waals surface area contributed by atoms with Crippen LogP contribution < -0.4 is 5.32 Å². The lowest BCUT2D eigenvalue weighted by Gasteiger charge is -2.40. The molecule has 0 bridgehead atoms. The second-order valence-electron chi connectivity index (χ2n) is 11.5. The fourth-order valence-corrected chi connectivity index (χ4v) is 6.94. The van der Waals surface area contributed by atoms with Crippen LogP contribution in [0.5, 0.6) is 0 Å². The summed E-state index contributed by atoms with van der Waals surface area (Å²) in [6.45, 7) is 10.2. The van der Waals surface area contributed by atoms with Gasteiger partial charge in [0, 0.05) is 37.5 Å². The Hall–Kier alpha value is -3.11. The molecule has 0 unspecified atom stereocenters. The number of rotatable bonds is 7. The summed E-state index contributed by atoms with van der Waals surface area (Å²) >= 11 is 0. The van der Waals surface area contributed by atoms with E-state index in [0.29, 0.717) is 18.7 Å². The number of nitrogens with zero attached hydrogens (tertiary/aromatic N) is 4. The molecule has 0 saturated carbocycles. The molecule has 0 aliphatic carbocycles. The number of aromatic nitrogens is 3. The number of carbonyl (C=O) groups is 1. The first-order valence-electron chi connectivity index (χ1n) is 13.3. The van der Waals surface area contributed by atoms with Gasteiger partial charge in [0.15, 0.2) is 0 Å². The summed E-state index contributed by atoms with van der Waals surface area (Å²) in [7, 11) is 0.439. The van der Waals surface area contributed by atoms with E-state index in [1.165, 1.54) is 0 Å². The molecule has 1 aliphatic heterocycles. The number of amides is 1. The van der Waals surface area contributed by atoms with Crippen LogP contribution in [-0.2, 0) is 19.4 Å². The summed E-state index contributed by atoms with van der Waals surface area (Å²) in [6, 6.07) is 7.54. The Labute approximate surface area is 231 Å². The van der Waals surface area contributed by atoms with Crippen molar-refractivity contribution in [2.45, 2.75) is 59.6 Å². The van der Waals surface area contributed by atoms with E-state index in [4.69, 9.17) is 9.72 Å². The molecular formula is C29H39N5O4S. The zero-order valence-electron chi connectivity index (χ0n) is 23.9. The number of pyridine rings is 3. The molecular weight excluding hydrogens is 514 g/mol. The number of ether oxygens (including phenoxy) is 1. The van der Waals surface area contributed by atoms with E-state index >= 15 is 0 Å². The van der Waals surface area contributed by atoms with Crippen LogP contribution in [0.3, 0.4) is 0 Å². The molecule has 3 aromatic heterocycles. The maximum absolute atomic E-state index is 13.4. The van der Waals surface area contributed by atoms with Gasteiger partial charge in [-0.05, 0) is 55.9 Å². The molecule has 210 valence electrons. The van der Waals surface area contributed by atoms with Crippen molar-refractivity contribution in [3.63, 3.8) is 0 Å². The first-order chi connectivity index (χ1) is 18.3. The van der Waals surface area contributed by atoms with Crippen LogP contribution in [-0.4, -0.2) is 59.8 Å². The molecule has 1 N–H and O–H groups in total. The van der Waals surface area contributed by atoms with Crippen molar-refractivity contribution in [3.05, 3.63) is 53.5 Å². The number of aryl methyl sites for hydroxylation is 1. The first-order valence-corrected chi connectivity index (χ1v) is 15.1. The van der Waals surface area contributed by atoms with E-state index < -0.39 is 9.84 Å². The normalized spacial score (nSPS) is 17.5. The molecule has 3 aromatic rings. The number of nitrogens with one attached hydrogen (secondary N) is 1. The largest absolute Gasteiger partial charge is 0.377 e. The van der Waals surface area contributed by atoms with Crippen molar-refractivity contribution < 1.29 is 17.9 Å². The van der Waals surface area contributed by atoms with E-state index in [1.807, 2.05) is 45.2 Å². The predicted octanol–water partition coefficient (Wildman–Crippen LogP) is 5.15. The van der Waals surface area contributed by atoms with Crippen molar-refractivity contribution in [1.29, 1.82) is 0 Å². The molecule has 0 spiro atoms. The van der Waals surface area contributed by atoms with Crippen LogP contribution in [0.1, 0.15) is 69.5 Å². The van der Waals surface area contributed by atoms with Crippen LogP contribution in [0, 0.1) is 18.3 Å². The van der Waals surface area contributed by atoms with Crippen molar-refractivity contribution in [2.75, 3.05) is 31.0 Å². The van der Waals surface area contributed by atoms with Gasteiger partial charge in [-0.15, -0.1) is 0 Å². The lowest BCUT2D eigenvalue weighted by atomic mass is 9.81. The van der Waals surface area contributed by atoms with E-state index in [2.05, 4.69) is 36.1 Å². The van der Waals surface area contributed by atoms with Crippen LogP contribution in [0.15, 0.2) is 36.7 Å². The van der Waals surface area contributed by atoms with Gasteiger partial charge in [-0.25, -0.2) is 13.4 Å². The lowest BCUT2D eigenvalue weighted by Crippen LogP contribution is -2.43. The molecule has 9 nitrogen and oxygen atoms in total. The Balaban J connectivity index is 1.60. The molecule has 1 aliphatic rings. The van der Waals surface area contributed by atoms with Gasteiger partial charge in [0.1, 0.15) is 15.7 Å². The third-order valence-corrected chi connectivity index (χ3v) is 9.19. The molecule has 39 heavy (non-hydrogen) atoms. The molecule has 1 fully saturated rings. The fourth-order valence-electron chi connectivity index (χ4n) is 5.45. The second-order valence-corrected chi connectivity index (χ2v) is 13.8. The minimum atomic E-state index is -3.04. The fraction of sp³-hybridized carbons (Fsp3) is 0.517. The predicted molar refractivity (Wildman–Crippen MR) is 154 cm³/mol. The Kier molecular flexibility index (Phi) is 8.28. The van der Waals surface area contributed by atoms with Crippen LogP contribution in [0.2, 0.25) is 0 Å². The van der Waals surface area contributed by atoms with Crippen LogP contribution >= 0.6 is 0 Å². The van der Waals surface area contributed by atoms with E-state index in [1.54, 1.807) is 24.4 Å². The molecule has 1 amide bonds. The molecule has 2 atom stereocenters. The summed E-state index contributed by atoms with van der Waals surface area (Å²) in [5.74, 6) is 0.478. The number of fused-ring (bicyclic) bond motifs is 1. The number of anilines is 2. The SMILES string of the molecule is CO[C@H](C)c1c(Nc2ccc([C@H](N(C)C(=O)C3CCS(=O)(=O)CC3)C(C)(C)C)cn2)cnc2ccc(C)nc12. The Morgan fingerprint density at radius 3 is 2.38 bits per heavy atom. The van der Waals surface area contributed by atoms with E-state index in [-0.39, 0.29) is 40.9 Å². The average molecular weight is 554 g/mol. The highest BCUT2D eigenvalue weighted by molar-refractivity contribution is 7.91. The summed E-state index contributed by atoms with van der Waals surface area (Å²) in [5.41, 5.74) is 4.79. The summed E-state index contributed by atoms with van der Waals surface area (Å²) in [6.07, 6.45) is 4.10. The third-order valence-electron chi connectivity index (χ3n) is 7.48. The van der Waals surface area contributed by atoms with Crippen molar-refractivity contribution in [3.8, 4) is 0 Å². The smallest absolute Gasteiger partial charge is 0.226 e. The number of hydrogen-bond acceptors (Lipinski definition) is 8. The Morgan fingerprint density at radius 1 is 1.10 bits per heavy atom. The van der Waals surface area contributed by atoms with Crippen molar-refractivity contribution >= 4 is 38.3 Å². The van der Waals surface area contributed by atoms with Crippen LogP contribution in [0.4, 0.5) is 11.5 Å². The number of hydrogen-bond donors (Lipinski definition) is 1. The van der Waals surface area contributed by atoms with Gasteiger partial charge < -0.3 is 15.0 Å². The highest BCUT2D eigenvalue weighted by Gasteiger charge is 2.37. The van der Waals surface area contributed by atoms with Gasteiger partial charge in [-0.1, -0.05) is 26.8 Å². The molecule has 0 radical (unpaired) electrons. The van der Waals surface area contributed by atoms with Crippen molar-refractivity contribution in [1.82, 2.24) is 19.9 Å². The molecule has 1 saturated heterocycles. The summed E-state index contributed by atoms with van der Waals surface area (Å²) in [4.78, 5) is 29.2. The second kappa shape index (κ2) is 11.2. The van der Waals surface area contributed by atoms with Gasteiger partial charge >= 0.3 is 0 Å². The van der Waals surface area contributed by atoms with Gasteiger partial charge in [0.25, 0.3) is 0 Å². The maximum atomic E-state index is 13.4. The number of carbonyl (C=O) groups excluding carboxylic acids is 1. The van der Waals surface area contributed by atoms with Crippen LogP contribution in [0.25, 0.3) is 11.0 Å². The number of sulfone groups is 1. The van der Waals surface area contributed by atoms with Gasteiger partial charge in [-0.2, -0.15) is 0 Å². The Bertz CT molecular complexity index is 1440. The molecule has 10 heteroatoms. The highest BCUT2D eigenvalue weighted by Crippen LogP contribution is 2.39. The average Bonchev–Trinajstić information content (AvgIpc) is 2.88. The highest BCUT2D eigenvalue weighted by atomic mass is 32.2. The molecule has 4 heterocycles. The minimum absolute atomic E-state index is 0.0183. The molecule has 4 rings (SSSR count). The van der Waals surface area contributed by atoms with Gasteiger partial charge in [0.2, 0.25) is 5.91 Å². The van der Waals surface area contributed by atoms with E-state index in [9.17, 15) is 13.2 Å². The number of methoxy groups -OCH3 is 1. The zero-order valence-corrected chi connectivity index (χ0v) is 24.7. The first kappa shape index (κ1) is 28.9. The summed E-state index contributed by atoms with van der Waals surface area (Å²) < 4.78 is 29.4.